The molecule has 4 rings (SSSR count). The monoisotopic (exact) mass is 316 g/mol. The van der Waals surface area contributed by atoms with Crippen molar-refractivity contribution in [3.63, 3.8) is 0 Å². The summed E-state index contributed by atoms with van der Waals surface area (Å²) in [5.41, 5.74) is 0. The lowest BCUT2D eigenvalue weighted by Gasteiger charge is -2.32. The zero-order valence-electron chi connectivity index (χ0n) is 12.9. The predicted octanol–water partition coefficient (Wildman–Crippen LogP) is 1.05. The van der Waals surface area contributed by atoms with E-state index in [0.29, 0.717) is 31.5 Å². The van der Waals surface area contributed by atoms with Crippen molar-refractivity contribution >= 4 is 5.82 Å². The minimum Gasteiger partial charge on any atom is -0.424 e. The molecule has 8 heteroatoms. The fourth-order valence-corrected chi connectivity index (χ4v) is 2.68. The molecule has 2 aliphatic rings. The van der Waals surface area contributed by atoms with Gasteiger partial charge in [-0.2, -0.15) is 5.10 Å². The number of nitrogens with zero attached hydrogens (tertiary/aromatic N) is 5. The average Bonchev–Trinajstić information content (AvgIpc) is 3.34. The maximum atomic E-state index is 5.80. The van der Waals surface area contributed by atoms with Gasteiger partial charge in [0.2, 0.25) is 11.8 Å². The first-order chi connectivity index (χ1) is 11.4. The molecule has 1 aliphatic carbocycles. The number of nitrogens with one attached hydrogen (secondary N) is 1. The minimum absolute atomic E-state index is 0.108. The third-order valence-corrected chi connectivity index (χ3v) is 4.07. The van der Waals surface area contributed by atoms with Gasteiger partial charge in [-0.05, 0) is 25.0 Å². The first kappa shape index (κ1) is 14.5. The Morgan fingerprint density at radius 3 is 3.04 bits per heavy atom. The van der Waals surface area contributed by atoms with Crippen molar-refractivity contribution in [3.8, 4) is 0 Å². The van der Waals surface area contributed by atoms with Crippen LogP contribution < -0.4 is 5.32 Å². The summed E-state index contributed by atoms with van der Waals surface area (Å²) >= 11 is 0. The van der Waals surface area contributed by atoms with Gasteiger partial charge in [-0.15, -0.1) is 15.3 Å². The minimum atomic E-state index is 0.108. The lowest BCUT2D eigenvalue weighted by molar-refractivity contribution is -0.0265. The van der Waals surface area contributed by atoms with Crippen LogP contribution in [-0.4, -0.2) is 57.6 Å². The van der Waals surface area contributed by atoms with E-state index in [1.165, 1.54) is 12.8 Å². The second-order valence-corrected chi connectivity index (χ2v) is 6.03. The summed E-state index contributed by atoms with van der Waals surface area (Å²) in [4.78, 5) is 2.29. The molecule has 1 aliphatic heterocycles. The Balaban J connectivity index is 1.28. The fraction of sp³-hybridized carbons (Fsp3) is 0.600. The number of anilines is 1. The largest absolute Gasteiger partial charge is 0.424 e. The normalized spacial score (nSPS) is 22.2. The van der Waals surface area contributed by atoms with E-state index >= 15 is 0 Å². The van der Waals surface area contributed by atoms with Crippen LogP contribution in [0.25, 0.3) is 0 Å². The van der Waals surface area contributed by atoms with Crippen molar-refractivity contribution in [1.29, 1.82) is 0 Å². The molecule has 1 saturated heterocycles. The summed E-state index contributed by atoms with van der Waals surface area (Å²) in [7, 11) is 0. The Bertz CT molecular complexity index is 630. The number of ether oxygens (including phenoxy) is 1. The average molecular weight is 316 g/mol. The van der Waals surface area contributed by atoms with Crippen molar-refractivity contribution in [1.82, 2.24) is 25.3 Å². The van der Waals surface area contributed by atoms with Crippen LogP contribution in [0.15, 0.2) is 22.7 Å². The van der Waals surface area contributed by atoms with Gasteiger partial charge in [0.05, 0.1) is 19.3 Å². The van der Waals surface area contributed by atoms with Crippen LogP contribution in [-0.2, 0) is 11.3 Å². The Morgan fingerprint density at radius 1 is 1.26 bits per heavy atom. The maximum Gasteiger partial charge on any atom is 0.230 e. The van der Waals surface area contributed by atoms with Gasteiger partial charge in [0.25, 0.3) is 0 Å². The molecule has 122 valence electrons. The van der Waals surface area contributed by atoms with Crippen LogP contribution in [0.2, 0.25) is 0 Å². The molecular weight excluding hydrogens is 296 g/mol. The third-order valence-electron chi connectivity index (χ3n) is 4.07. The summed E-state index contributed by atoms with van der Waals surface area (Å²) < 4.78 is 11.5. The summed E-state index contributed by atoms with van der Waals surface area (Å²) in [5.74, 6) is 2.77. The summed E-state index contributed by atoms with van der Waals surface area (Å²) in [6, 6.07) is 3.75. The predicted molar refractivity (Wildman–Crippen MR) is 81.8 cm³/mol. The summed E-state index contributed by atoms with van der Waals surface area (Å²) in [6.07, 6.45) is 4.12. The summed E-state index contributed by atoms with van der Waals surface area (Å²) in [5, 5.41) is 19.4. The van der Waals surface area contributed by atoms with Crippen LogP contribution in [0.4, 0.5) is 5.82 Å². The van der Waals surface area contributed by atoms with E-state index in [0.717, 1.165) is 24.8 Å². The van der Waals surface area contributed by atoms with Gasteiger partial charge in [-0.25, -0.2) is 0 Å². The molecule has 3 heterocycles. The second-order valence-electron chi connectivity index (χ2n) is 6.03. The number of rotatable bonds is 6. The van der Waals surface area contributed by atoms with Crippen LogP contribution in [0.1, 0.15) is 30.5 Å². The number of hydrogen-bond acceptors (Lipinski definition) is 8. The number of morpholine rings is 1. The maximum absolute atomic E-state index is 5.80. The molecular formula is C15H20N6O2. The van der Waals surface area contributed by atoms with Crippen molar-refractivity contribution in [2.24, 2.45) is 0 Å². The molecule has 1 atom stereocenters. The van der Waals surface area contributed by atoms with Gasteiger partial charge in [0.1, 0.15) is 5.82 Å². The van der Waals surface area contributed by atoms with Gasteiger partial charge < -0.3 is 14.5 Å². The van der Waals surface area contributed by atoms with E-state index < -0.39 is 0 Å². The molecule has 1 N–H and O–H groups in total. The van der Waals surface area contributed by atoms with Gasteiger partial charge >= 0.3 is 0 Å². The lowest BCUT2D eigenvalue weighted by Crippen LogP contribution is -2.44. The first-order valence-corrected chi connectivity index (χ1v) is 8.04. The van der Waals surface area contributed by atoms with E-state index in [4.69, 9.17) is 9.15 Å². The smallest absolute Gasteiger partial charge is 0.230 e. The van der Waals surface area contributed by atoms with E-state index in [1.807, 2.05) is 12.1 Å². The molecule has 0 unspecified atom stereocenters. The highest BCUT2D eigenvalue weighted by molar-refractivity contribution is 5.31. The molecule has 0 spiro atoms. The van der Waals surface area contributed by atoms with E-state index in [1.54, 1.807) is 6.20 Å². The lowest BCUT2D eigenvalue weighted by atomic mass is 10.2. The zero-order chi connectivity index (χ0) is 15.5. The van der Waals surface area contributed by atoms with Crippen LogP contribution in [0.3, 0.4) is 0 Å². The molecule has 8 nitrogen and oxygen atoms in total. The van der Waals surface area contributed by atoms with Crippen molar-refractivity contribution < 1.29 is 9.15 Å². The van der Waals surface area contributed by atoms with Crippen LogP contribution in [0.5, 0.6) is 0 Å². The third kappa shape index (κ3) is 3.83. The molecule has 2 aromatic rings. The van der Waals surface area contributed by atoms with Gasteiger partial charge in [0.15, 0.2) is 0 Å². The SMILES string of the molecule is c1cnnc(NC[C@@H]2CN(Cc3nnc(C4CC4)o3)CCO2)c1. The molecule has 1 saturated carbocycles. The molecule has 23 heavy (non-hydrogen) atoms. The molecule has 0 bridgehead atoms. The standard InChI is InChI=1S/C15H20N6O2/c1-2-13(18-17-5-1)16-8-12-9-21(6-7-22-12)10-14-19-20-15(23-14)11-3-4-11/h1-2,5,11-12H,3-4,6-10H2,(H,16,18)/t12-/m1/s1. The highest BCUT2D eigenvalue weighted by Gasteiger charge is 2.30. The van der Waals surface area contributed by atoms with Crippen LogP contribution >= 0.6 is 0 Å². The fourth-order valence-electron chi connectivity index (χ4n) is 2.68. The summed E-state index contributed by atoms with van der Waals surface area (Å²) in [6.45, 7) is 3.80. The van der Waals surface area contributed by atoms with Crippen LogP contribution in [0, 0.1) is 0 Å². The quantitative estimate of drug-likeness (QED) is 0.846. The Hall–Kier alpha value is -2.06. The van der Waals surface area contributed by atoms with E-state index in [9.17, 15) is 0 Å². The van der Waals surface area contributed by atoms with Crippen molar-refractivity contribution in [2.45, 2.75) is 31.4 Å². The zero-order valence-corrected chi connectivity index (χ0v) is 12.9. The van der Waals surface area contributed by atoms with Crippen molar-refractivity contribution in [3.05, 3.63) is 30.1 Å². The van der Waals surface area contributed by atoms with E-state index in [-0.39, 0.29) is 6.10 Å². The van der Waals surface area contributed by atoms with Crippen molar-refractivity contribution in [2.75, 3.05) is 31.6 Å². The number of aromatic nitrogens is 4. The van der Waals surface area contributed by atoms with Gasteiger partial charge in [-0.3, -0.25) is 4.90 Å². The Morgan fingerprint density at radius 2 is 2.22 bits per heavy atom. The number of hydrogen-bond donors (Lipinski definition) is 1. The molecule has 0 radical (unpaired) electrons. The molecule has 2 aromatic heterocycles. The van der Waals surface area contributed by atoms with Gasteiger partial charge in [0, 0.05) is 31.7 Å². The molecule has 0 amide bonds. The second kappa shape index (κ2) is 6.59. The molecule has 2 fully saturated rings. The topological polar surface area (TPSA) is 89.2 Å². The van der Waals surface area contributed by atoms with E-state index in [2.05, 4.69) is 30.6 Å². The highest BCUT2D eigenvalue weighted by atomic mass is 16.5. The van der Waals surface area contributed by atoms with Gasteiger partial charge in [-0.1, -0.05) is 0 Å². The molecule has 0 aromatic carbocycles. The Labute approximate surface area is 134 Å². The first-order valence-electron chi connectivity index (χ1n) is 8.04. The highest BCUT2D eigenvalue weighted by Crippen LogP contribution is 2.39. The Kier molecular flexibility index (Phi) is 4.16.